The Morgan fingerprint density at radius 1 is 1.05 bits per heavy atom. The third kappa shape index (κ3) is 3.17. The van der Waals surface area contributed by atoms with Crippen molar-refractivity contribution >= 4 is 0 Å². The zero-order valence-electron chi connectivity index (χ0n) is 12.5. The largest absolute Gasteiger partial charge is 0.389 e. The molecule has 0 aromatic heterocycles. The second kappa shape index (κ2) is 6.00. The van der Waals surface area contributed by atoms with E-state index in [0.717, 1.165) is 19.3 Å². The third-order valence-electron chi connectivity index (χ3n) is 4.55. The number of aryl methyl sites for hydroxylation is 1. The van der Waals surface area contributed by atoms with Gasteiger partial charge in [0.2, 0.25) is 0 Å². The van der Waals surface area contributed by atoms with Crippen LogP contribution in [0.15, 0.2) is 54.6 Å². The molecule has 1 aliphatic carbocycles. The molecule has 1 aliphatic rings. The lowest BCUT2D eigenvalue weighted by Gasteiger charge is -2.38. The van der Waals surface area contributed by atoms with Crippen molar-refractivity contribution in [2.24, 2.45) is 0 Å². The quantitative estimate of drug-likeness (QED) is 0.878. The van der Waals surface area contributed by atoms with E-state index in [-0.39, 0.29) is 6.04 Å². The van der Waals surface area contributed by atoms with E-state index in [1.807, 2.05) is 6.07 Å². The van der Waals surface area contributed by atoms with Crippen LogP contribution in [0, 0.1) is 6.92 Å². The molecule has 2 aromatic carbocycles. The van der Waals surface area contributed by atoms with Gasteiger partial charge in [-0.2, -0.15) is 0 Å². The van der Waals surface area contributed by atoms with E-state index in [9.17, 15) is 5.11 Å². The number of hydrogen-bond acceptors (Lipinski definition) is 2. The van der Waals surface area contributed by atoms with Crippen LogP contribution in [0.2, 0.25) is 0 Å². The number of rotatable bonds is 5. The smallest absolute Gasteiger partial charge is 0.0771 e. The lowest BCUT2D eigenvalue weighted by Crippen LogP contribution is -2.47. The SMILES string of the molecule is Cc1ccccc1C(NCC1(O)CCC1)c1ccccc1. The molecule has 0 saturated heterocycles. The van der Waals surface area contributed by atoms with Crippen molar-refractivity contribution < 1.29 is 5.11 Å². The van der Waals surface area contributed by atoms with Crippen LogP contribution >= 0.6 is 0 Å². The van der Waals surface area contributed by atoms with E-state index in [4.69, 9.17) is 0 Å². The van der Waals surface area contributed by atoms with Crippen molar-refractivity contribution in [3.05, 3.63) is 71.3 Å². The van der Waals surface area contributed by atoms with Crippen molar-refractivity contribution in [3.63, 3.8) is 0 Å². The Bertz CT molecular complexity index is 590. The lowest BCUT2D eigenvalue weighted by atomic mass is 9.80. The van der Waals surface area contributed by atoms with Crippen molar-refractivity contribution in [1.82, 2.24) is 5.32 Å². The molecule has 0 heterocycles. The van der Waals surface area contributed by atoms with Crippen molar-refractivity contribution in [3.8, 4) is 0 Å². The average molecular weight is 281 g/mol. The van der Waals surface area contributed by atoms with E-state index in [0.29, 0.717) is 6.54 Å². The molecule has 2 heteroatoms. The average Bonchev–Trinajstić information content (AvgIpc) is 2.48. The molecule has 2 N–H and O–H groups in total. The summed E-state index contributed by atoms with van der Waals surface area (Å²) >= 11 is 0. The minimum atomic E-state index is -0.504. The first-order valence-electron chi connectivity index (χ1n) is 7.74. The van der Waals surface area contributed by atoms with Gasteiger partial charge in [0.15, 0.2) is 0 Å². The summed E-state index contributed by atoms with van der Waals surface area (Å²) < 4.78 is 0. The molecule has 1 atom stereocenters. The molecule has 21 heavy (non-hydrogen) atoms. The number of benzene rings is 2. The number of aliphatic hydroxyl groups is 1. The Kier molecular flexibility index (Phi) is 4.09. The Balaban J connectivity index is 1.86. The van der Waals surface area contributed by atoms with Gasteiger partial charge in [-0.05, 0) is 42.9 Å². The summed E-state index contributed by atoms with van der Waals surface area (Å²) in [6, 6.07) is 19.1. The minimum Gasteiger partial charge on any atom is -0.389 e. The van der Waals surface area contributed by atoms with E-state index in [2.05, 4.69) is 60.8 Å². The molecule has 3 rings (SSSR count). The Morgan fingerprint density at radius 3 is 2.33 bits per heavy atom. The van der Waals surface area contributed by atoms with Gasteiger partial charge in [0.05, 0.1) is 11.6 Å². The van der Waals surface area contributed by atoms with Gasteiger partial charge in [-0.3, -0.25) is 0 Å². The van der Waals surface area contributed by atoms with E-state index in [1.165, 1.54) is 16.7 Å². The highest BCUT2D eigenvalue weighted by molar-refractivity contribution is 5.36. The van der Waals surface area contributed by atoms with Crippen LogP contribution in [0.4, 0.5) is 0 Å². The highest BCUT2D eigenvalue weighted by Gasteiger charge is 2.34. The highest BCUT2D eigenvalue weighted by atomic mass is 16.3. The van der Waals surface area contributed by atoms with E-state index >= 15 is 0 Å². The van der Waals surface area contributed by atoms with Gasteiger partial charge in [0.1, 0.15) is 0 Å². The number of hydrogen-bond donors (Lipinski definition) is 2. The van der Waals surface area contributed by atoms with Gasteiger partial charge in [-0.25, -0.2) is 0 Å². The van der Waals surface area contributed by atoms with E-state index in [1.54, 1.807) is 0 Å². The van der Waals surface area contributed by atoms with Gasteiger partial charge < -0.3 is 10.4 Å². The molecule has 0 spiro atoms. The van der Waals surface area contributed by atoms with Gasteiger partial charge in [-0.1, -0.05) is 54.6 Å². The first-order valence-corrected chi connectivity index (χ1v) is 7.74. The molecule has 1 fully saturated rings. The number of nitrogens with one attached hydrogen (secondary N) is 1. The molecule has 1 unspecified atom stereocenters. The fourth-order valence-electron chi connectivity index (χ4n) is 3.02. The summed E-state index contributed by atoms with van der Waals surface area (Å²) in [6.07, 6.45) is 2.96. The van der Waals surface area contributed by atoms with Gasteiger partial charge in [0, 0.05) is 6.54 Å². The minimum absolute atomic E-state index is 0.136. The van der Waals surface area contributed by atoms with Gasteiger partial charge in [0.25, 0.3) is 0 Å². The molecule has 0 aliphatic heterocycles. The van der Waals surface area contributed by atoms with E-state index < -0.39 is 5.60 Å². The predicted molar refractivity (Wildman–Crippen MR) is 86.3 cm³/mol. The summed E-state index contributed by atoms with van der Waals surface area (Å²) in [5.74, 6) is 0. The van der Waals surface area contributed by atoms with Crippen LogP contribution in [0.5, 0.6) is 0 Å². The highest BCUT2D eigenvalue weighted by Crippen LogP contribution is 2.32. The summed E-state index contributed by atoms with van der Waals surface area (Å²) in [5, 5.41) is 13.9. The monoisotopic (exact) mass is 281 g/mol. The summed E-state index contributed by atoms with van der Waals surface area (Å²) in [4.78, 5) is 0. The molecule has 0 radical (unpaired) electrons. The first kappa shape index (κ1) is 14.3. The van der Waals surface area contributed by atoms with Gasteiger partial charge in [-0.15, -0.1) is 0 Å². The van der Waals surface area contributed by atoms with Crippen molar-refractivity contribution in [1.29, 1.82) is 0 Å². The summed E-state index contributed by atoms with van der Waals surface area (Å²) in [7, 11) is 0. The van der Waals surface area contributed by atoms with Crippen molar-refractivity contribution in [2.45, 2.75) is 37.8 Å². The molecular formula is C19H23NO. The maximum absolute atomic E-state index is 10.4. The second-order valence-electron chi connectivity index (χ2n) is 6.16. The Hall–Kier alpha value is -1.64. The van der Waals surface area contributed by atoms with Crippen LogP contribution in [-0.4, -0.2) is 17.3 Å². The second-order valence-corrected chi connectivity index (χ2v) is 6.16. The fraction of sp³-hybridized carbons (Fsp3) is 0.368. The Labute approximate surface area is 126 Å². The standard InChI is InChI=1S/C19H23NO/c1-15-8-5-6-11-17(15)18(16-9-3-2-4-10-16)20-14-19(21)12-7-13-19/h2-6,8-11,18,20-21H,7,12-14H2,1H3. The fourth-order valence-corrected chi connectivity index (χ4v) is 3.02. The molecule has 110 valence electrons. The molecule has 2 aromatic rings. The maximum atomic E-state index is 10.4. The summed E-state index contributed by atoms with van der Waals surface area (Å²) in [5.41, 5.74) is 3.30. The third-order valence-corrected chi connectivity index (χ3v) is 4.55. The molecule has 0 bridgehead atoms. The zero-order chi connectivity index (χ0) is 14.7. The van der Waals surface area contributed by atoms with Gasteiger partial charge >= 0.3 is 0 Å². The summed E-state index contributed by atoms with van der Waals surface area (Å²) in [6.45, 7) is 2.80. The molecule has 0 amide bonds. The topological polar surface area (TPSA) is 32.3 Å². The van der Waals surface area contributed by atoms with Crippen LogP contribution in [0.25, 0.3) is 0 Å². The van der Waals surface area contributed by atoms with Crippen molar-refractivity contribution in [2.75, 3.05) is 6.54 Å². The Morgan fingerprint density at radius 2 is 1.71 bits per heavy atom. The maximum Gasteiger partial charge on any atom is 0.0771 e. The zero-order valence-corrected chi connectivity index (χ0v) is 12.5. The van der Waals surface area contributed by atoms with Crippen LogP contribution in [-0.2, 0) is 0 Å². The predicted octanol–water partition coefficient (Wildman–Crippen LogP) is 3.59. The molecular weight excluding hydrogens is 258 g/mol. The normalized spacial score (nSPS) is 18.0. The van der Waals surface area contributed by atoms with Crippen LogP contribution < -0.4 is 5.32 Å². The lowest BCUT2D eigenvalue weighted by molar-refractivity contribution is -0.0325. The van der Waals surface area contributed by atoms with Crippen LogP contribution in [0.1, 0.15) is 42.0 Å². The van der Waals surface area contributed by atoms with Crippen LogP contribution in [0.3, 0.4) is 0 Å². The molecule has 2 nitrogen and oxygen atoms in total. The molecule has 1 saturated carbocycles. The first-order chi connectivity index (χ1) is 10.2.